The Morgan fingerprint density at radius 1 is 1.45 bits per heavy atom. The van der Waals surface area contributed by atoms with Crippen molar-refractivity contribution in [1.82, 2.24) is 0 Å². The first-order chi connectivity index (χ1) is 9.47. The van der Waals surface area contributed by atoms with E-state index in [2.05, 4.69) is 4.74 Å². The molecule has 0 aromatic heterocycles. The molecule has 1 aromatic carbocycles. The number of ether oxygens (including phenoxy) is 3. The smallest absolute Gasteiger partial charge is 0.311 e. The molecule has 0 saturated carbocycles. The average Bonchev–Trinajstić information content (AvgIpc) is 2.82. The van der Waals surface area contributed by atoms with E-state index in [0.717, 1.165) is 17.7 Å². The minimum absolute atomic E-state index is 0.111. The van der Waals surface area contributed by atoms with E-state index in [0.29, 0.717) is 11.3 Å². The molecule has 0 fully saturated rings. The van der Waals surface area contributed by atoms with Crippen molar-refractivity contribution in [2.45, 2.75) is 32.5 Å². The number of carbonyl (C=O) groups excluding carboxylic acids is 1. The van der Waals surface area contributed by atoms with Gasteiger partial charge in [0, 0.05) is 17.5 Å². The lowest BCUT2D eigenvalue weighted by Gasteiger charge is -2.20. The summed E-state index contributed by atoms with van der Waals surface area (Å²) in [7, 11) is 2.84. The summed E-state index contributed by atoms with van der Waals surface area (Å²) in [5.74, 6) is 0.161. The van der Waals surface area contributed by atoms with Crippen LogP contribution >= 0.6 is 0 Å². The Hall–Kier alpha value is -1.75. The van der Waals surface area contributed by atoms with Crippen molar-refractivity contribution in [2.24, 2.45) is 5.92 Å². The van der Waals surface area contributed by atoms with E-state index in [1.54, 1.807) is 20.1 Å². The van der Waals surface area contributed by atoms with Crippen molar-refractivity contribution >= 4 is 5.97 Å². The average molecular weight is 280 g/mol. The first-order valence-corrected chi connectivity index (χ1v) is 6.61. The van der Waals surface area contributed by atoms with Gasteiger partial charge in [-0.1, -0.05) is 0 Å². The molecular weight excluding hydrogens is 260 g/mol. The number of hydrogen-bond acceptors (Lipinski definition) is 5. The molecule has 0 radical (unpaired) electrons. The molecule has 0 amide bonds. The van der Waals surface area contributed by atoms with E-state index in [9.17, 15) is 9.90 Å². The molecule has 0 bridgehead atoms. The minimum Gasteiger partial charge on any atom is -0.496 e. The Kier molecular flexibility index (Phi) is 4.18. The highest BCUT2D eigenvalue weighted by atomic mass is 16.5. The Bertz CT molecular complexity index is 511. The Labute approximate surface area is 118 Å². The highest BCUT2D eigenvalue weighted by molar-refractivity contribution is 5.73. The van der Waals surface area contributed by atoms with Gasteiger partial charge in [0.1, 0.15) is 17.6 Å². The second-order valence-electron chi connectivity index (χ2n) is 5.09. The van der Waals surface area contributed by atoms with E-state index in [1.165, 1.54) is 7.11 Å². The van der Waals surface area contributed by atoms with Crippen LogP contribution in [-0.2, 0) is 16.0 Å². The summed E-state index contributed by atoms with van der Waals surface area (Å²) in [5, 5.41) is 10.4. The van der Waals surface area contributed by atoms with E-state index in [1.807, 2.05) is 13.0 Å². The number of methoxy groups -OCH3 is 2. The number of fused-ring (bicyclic) bond motifs is 1. The normalized spacial score (nSPS) is 19.8. The van der Waals surface area contributed by atoms with E-state index in [-0.39, 0.29) is 6.10 Å². The zero-order valence-electron chi connectivity index (χ0n) is 12.2. The van der Waals surface area contributed by atoms with Crippen molar-refractivity contribution in [3.63, 3.8) is 0 Å². The fourth-order valence-corrected chi connectivity index (χ4v) is 2.45. The van der Waals surface area contributed by atoms with Gasteiger partial charge in [0.15, 0.2) is 0 Å². The minimum atomic E-state index is -0.998. The molecule has 110 valence electrons. The van der Waals surface area contributed by atoms with Crippen LogP contribution in [0, 0.1) is 5.92 Å². The molecule has 0 aliphatic carbocycles. The standard InChI is InChI=1S/C15H20O5/c1-8-5-10-6-13(18-3)11(7-12(10)20-8)14(16)9(2)15(17)19-4/h6-9,14,16H,5H2,1-4H3. The van der Waals surface area contributed by atoms with Crippen LogP contribution in [0.4, 0.5) is 0 Å². The number of benzene rings is 1. The number of esters is 1. The molecule has 1 N–H and O–H groups in total. The van der Waals surface area contributed by atoms with Crippen LogP contribution in [0.25, 0.3) is 0 Å². The van der Waals surface area contributed by atoms with Crippen LogP contribution in [0.5, 0.6) is 11.5 Å². The van der Waals surface area contributed by atoms with Crippen molar-refractivity contribution in [1.29, 1.82) is 0 Å². The number of hydrogen-bond donors (Lipinski definition) is 1. The summed E-state index contributed by atoms with van der Waals surface area (Å²) >= 11 is 0. The monoisotopic (exact) mass is 280 g/mol. The lowest BCUT2D eigenvalue weighted by molar-refractivity contribution is -0.148. The van der Waals surface area contributed by atoms with Gasteiger partial charge in [0.05, 0.1) is 26.2 Å². The molecule has 1 aliphatic rings. The van der Waals surface area contributed by atoms with E-state index < -0.39 is 18.0 Å². The molecule has 1 aromatic rings. The molecule has 5 heteroatoms. The fourth-order valence-electron chi connectivity index (χ4n) is 2.45. The lowest BCUT2D eigenvalue weighted by Crippen LogP contribution is -2.21. The number of rotatable bonds is 4. The molecule has 1 aliphatic heterocycles. The highest BCUT2D eigenvalue weighted by Gasteiger charge is 2.29. The summed E-state index contributed by atoms with van der Waals surface area (Å²) in [6.45, 7) is 3.60. The van der Waals surface area contributed by atoms with E-state index >= 15 is 0 Å². The molecule has 3 atom stereocenters. The van der Waals surface area contributed by atoms with Gasteiger partial charge < -0.3 is 19.3 Å². The Morgan fingerprint density at radius 3 is 2.75 bits per heavy atom. The maximum Gasteiger partial charge on any atom is 0.311 e. The molecule has 0 saturated heterocycles. The number of carbonyl (C=O) groups is 1. The van der Waals surface area contributed by atoms with Crippen molar-refractivity contribution in [2.75, 3.05) is 14.2 Å². The quantitative estimate of drug-likeness (QED) is 0.853. The molecule has 20 heavy (non-hydrogen) atoms. The second-order valence-corrected chi connectivity index (χ2v) is 5.09. The van der Waals surface area contributed by atoms with Gasteiger partial charge in [-0.2, -0.15) is 0 Å². The fraction of sp³-hybridized carbons (Fsp3) is 0.533. The van der Waals surface area contributed by atoms with Crippen molar-refractivity contribution in [3.8, 4) is 11.5 Å². The summed E-state index contributed by atoms with van der Waals surface area (Å²) in [6.07, 6.45) is -0.0726. The predicted octanol–water partition coefficient (Wildman–Crippen LogP) is 1.86. The van der Waals surface area contributed by atoms with Crippen LogP contribution < -0.4 is 9.47 Å². The van der Waals surface area contributed by atoms with Crippen LogP contribution in [-0.4, -0.2) is 31.4 Å². The van der Waals surface area contributed by atoms with E-state index in [4.69, 9.17) is 9.47 Å². The van der Waals surface area contributed by atoms with Gasteiger partial charge in [-0.15, -0.1) is 0 Å². The Morgan fingerprint density at radius 2 is 2.15 bits per heavy atom. The maximum absolute atomic E-state index is 11.6. The van der Waals surface area contributed by atoms with Crippen LogP contribution in [0.3, 0.4) is 0 Å². The van der Waals surface area contributed by atoms with Gasteiger partial charge in [-0.3, -0.25) is 4.79 Å². The summed E-state index contributed by atoms with van der Waals surface area (Å²) in [5.41, 5.74) is 1.59. The summed E-state index contributed by atoms with van der Waals surface area (Å²) < 4.78 is 15.7. The lowest BCUT2D eigenvalue weighted by atomic mass is 9.95. The van der Waals surface area contributed by atoms with Gasteiger partial charge in [0.2, 0.25) is 0 Å². The number of aliphatic hydroxyl groups excluding tert-OH is 1. The first-order valence-electron chi connectivity index (χ1n) is 6.61. The summed E-state index contributed by atoms with van der Waals surface area (Å²) in [4.78, 5) is 11.6. The molecular formula is C15H20O5. The SMILES string of the molecule is COC(=O)C(C)C(O)c1cc2c(cc1OC)CC(C)O2. The largest absolute Gasteiger partial charge is 0.496 e. The zero-order valence-corrected chi connectivity index (χ0v) is 12.2. The predicted molar refractivity (Wildman–Crippen MR) is 72.9 cm³/mol. The third-order valence-electron chi connectivity index (χ3n) is 3.61. The van der Waals surface area contributed by atoms with Gasteiger partial charge in [0.25, 0.3) is 0 Å². The van der Waals surface area contributed by atoms with Crippen LogP contribution in [0.2, 0.25) is 0 Å². The van der Waals surface area contributed by atoms with Crippen LogP contribution in [0.15, 0.2) is 12.1 Å². The van der Waals surface area contributed by atoms with Gasteiger partial charge >= 0.3 is 5.97 Å². The third-order valence-corrected chi connectivity index (χ3v) is 3.61. The second kappa shape index (κ2) is 5.71. The zero-order chi connectivity index (χ0) is 14.9. The first kappa shape index (κ1) is 14.7. The number of aliphatic hydroxyl groups is 1. The molecule has 2 rings (SSSR count). The Balaban J connectivity index is 2.36. The third kappa shape index (κ3) is 2.58. The molecule has 1 heterocycles. The molecule has 3 unspecified atom stereocenters. The van der Waals surface area contributed by atoms with Crippen LogP contribution in [0.1, 0.15) is 31.1 Å². The molecule has 5 nitrogen and oxygen atoms in total. The summed E-state index contributed by atoms with van der Waals surface area (Å²) in [6, 6.07) is 3.61. The highest BCUT2D eigenvalue weighted by Crippen LogP contribution is 2.39. The van der Waals surface area contributed by atoms with Gasteiger partial charge in [-0.05, 0) is 26.0 Å². The molecule has 0 spiro atoms. The topological polar surface area (TPSA) is 65.0 Å². The maximum atomic E-state index is 11.6. The van der Waals surface area contributed by atoms with Crippen molar-refractivity contribution < 1.29 is 24.1 Å². The van der Waals surface area contributed by atoms with Crippen molar-refractivity contribution in [3.05, 3.63) is 23.3 Å². The van der Waals surface area contributed by atoms with Gasteiger partial charge in [-0.25, -0.2) is 0 Å².